The van der Waals surface area contributed by atoms with Crippen molar-refractivity contribution in [1.82, 2.24) is 4.98 Å². The van der Waals surface area contributed by atoms with Crippen LogP contribution in [0.1, 0.15) is 21.7 Å². The molecule has 0 saturated carbocycles. The van der Waals surface area contributed by atoms with E-state index in [1.54, 1.807) is 20.3 Å². The zero-order chi connectivity index (χ0) is 19.3. The highest BCUT2D eigenvalue weighted by atomic mass is 16.5. The Bertz CT molecular complexity index is 784. The number of rotatable bonds is 8. The molecule has 2 rings (SSSR count). The van der Waals surface area contributed by atoms with Gasteiger partial charge in [0.05, 0.1) is 35.0 Å². The van der Waals surface area contributed by atoms with E-state index in [4.69, 9.17) is 29.4 Å². The van der Waals surface area contributed by atoms with E-state index in [9.17, 15) is 4.79 Å². The van der Waals surface area contributed by atoms with Crippen LogP contribution in [-0.2, 0) is 22.6 Å². The molecule has 1 aromatic carbocycles. The molecule has 0 unspecified atom stereocenters. The maximum Gasteiger partial charge on any atom is 0.354 e. The van der Waals surface area contributed by atoms with E-state index in [1.807, 2.05) is 6.07 Å². The molecule has 8 heteroatoms. The summed E-state index contributed by atoms with van der Waals surface area (Å²) in [4.78, 5) is 15.2. The highest BCUT2D eigenvalue weighted by molar-refractivity contribution is 5.94. The Morgan fingerprint density at radius 1 is 1.04 bits per heavy atom. The molecule has 3 N–H and O–H groups in total. The van der Waals surface area contributed by atoms with Crippen LogP contribution in [0.3, 0.4) is 0 Å². The first-order valence-corrected chi connectivity index (χ1v) is 7.88. The Labute approximate surface area is 152 Å². The van der Waals surface area contributed by atoms with Crippen molar-refractivity contribution >= 4 is 5.97 Å². The predicted molar refractivity (Wildman–Crippen MR) is 95.8 cm³/mol. The van der Waals surface area contributed by atoms with Crippen molar-refractivity contribution in [2.75, 3.05) is 35.5 Å². The minimum Gasteiger partial charge on any atom is -0.493 e. The van der Waals surface area contributed by atoms with E-state index in [-0.39, 0.29) is 13.2 Å². The molecule has 0 amide bonds. The van der Waals surface area contributed by atoms with Gasteiger partial charge in [0.2, 0.25) is 5.75 Å². The largest absolute Gasteiger partial charge is 0.493 e. The van der Waals surface area contributed by atoms with Crippen LogP contribution in [0.2, 0.25) is 0 Å². The molecule has 1 heterocycles. The van der Waals surface area contributed by atoms with Gasteiger partial charge in [-0.05, 0) is 12.1 Å². The minimum absolute atomic E-state index is 0.181. The van der Waals surface area contributed by atoms with Gasteiger partial charge < -0.3 is 34.4 Å². The molecule has 0 radical (unpaired) electrons. The van der Waals surface area contributed by atoms with Gasteiger partial charge >= 0.3 is 5.97 Å². The summed E-state index contributed by atoms with van der Waals surface area (Å²) in [6.45, 7) is 0.369. The number of nitrogens with one attached hydrogen (secondary N) is 1. The van der Waals surface area contributed by atoms with Gasteiger partial charge in [-0.1, -0.05) is 0 Å². The zero-order valence-corrected chi connectivity index (χ0v) is 15.6. The number of aromatic amines is 1. The standard InChI is InChI=1S/C18H24N2O6/c1-22-9-11-14(12(8-19)20-15(11)18(21)26-5)10-6-7-13(23-2)17(25-4)16(10)24-3/h6-7,20H,8-9,19H2,1-5H3. The molecule has 26 heavy (non-hydrogen) atoms. The van der Waals surface area contributed by atoms with Crippen LogP contribution in [0.5, 0.6) is 17.2 Å². The molecule has 8 nitrogen and oxygen atoms in total. The number of ether oxygens (including phenoxy) is 5. The van der Waals surface area contributed by atoms with Gasteiger partial charge in [0.15, 0.2) is 11.5 Å². The number of esters is 1. The van der Waals surface area contributed by atoms with Crippen LogP contribution in [-0.4, -0.2) is 46.5 Å². The maximum absolute atomic E-state index is 12.2. The van der Waals surface area contributed by atoms with E-state index in [1.165, 1.54) is 21.3 Å². The first-order chi connectivity index (χ1) is 12.6. The number of carbonyl (C=O) groups is 1. The molecule has 0 aliphatic carbocycles. The summed E-state index contributed by atoms with van der Waals surface area (Å²) in [5.74, 6) is 0.936. The molecule has 0 aliphatic rings. The second-order valence-electron chi connectivity index (χ2n) is 5.34. The van der Waals surface area contributed by atoms with Gasteiger partial charge in [0, 0.05) is 36.0 Å². The van der Waals surface area contributed by atoms with Crippen LogP contribution < -0.4 is 19.9 Å². The van der Waals surface area contributed by atoms with E-state index >= 15 is 0 Å². The normalized spacial score (nSPS) is 10.5. The molecule has 1 aromatic heterocycles. The van der Waals surface area contributed by atoms with Crippen molar-refractivity contribution in [1.29, 1.82) is 0 Å². The Morgan fingerprint density at radius 2 is 1.73 bits per heavy atom. The molecule has 0 fully saturated rings. The van der Waals surface area contributed by atoms with Crippen LogP contribution in [0, 0.1) is 0 Å². The number of methoxy groups -OCH3 is 5. The van der Waals surface area contributed by atoms with Gasteiger partial charge in [-0.3, -0.25) is 0 Å². The number of nitrogens with two attached hydrogens (primary N) is 1. The summed E-state index contributed by atoms with van der Waals surface area (Å²) in [5, 5.41) is 0. The van der Waals surface area contributed by atoms with Crippen molar-refractivity contribution in [2.45, 2.75) is 13.2 Å². The first kappa shape index (κ1) is 19.6. The second-order valence-corrected chi connectivity index (χ2v) is 5.34. The molecule has 0 bridgehead atoms. The average Bonchev–Trinajstić information content (AvgIpc) is 3.04. The number of aromatic nitrogens is 1. The molecule has 0 saturated heterocycles. The Hall–Kier alpha value is -2.71. The van der Waals surface area contributed by atoms with Crippen LogP contribution in [0.25, 0.3) is 11.1 Å². The van der Waals surface area contributed by atoms with Gasteiger partial charge in [-0.2, -0.15) is 0 Å². The molecule has 0 aliphatic heterocycles. The molecular formula is C18H24N2O6. The van der Waals surface area contributed by atoms with E-state index in [0.717, 1.165) is 0 Å². The molecule has 142 valence electrons. The van der Waals surface area contributed by atoms with Crippen molar-refractivity contribution in [2.24, 2.45) is 5.73 Å². The van der Waals surface area contributed by atoms with Crippen molar-refractivity contribution in [3.63, 3.8) is 0 Å². The Balaban J connectivity index is 2.82. The number of H-pyrrole nitrogens is 1. The van der Waals surface area contributed by atoms with Gasteiger partial charge in [0.25, 0.3) is 0 Å². The SMILES string of the molecule is COCc1c(C(=O)OC)[nH]c(CN)c1-c1ccc(OC)c(OC)c1OC. The monoisotopic (exact) mass is 364 g/mol. The summed E-state index contributed by atoms with van der Waals surface area (Å²) in [6, 6.07) is 3.58. The lowest BCUT2D eigenvalue weighted by Crippen LogP contribution is -2.06. The third-order valence-corrected chi connectivity index (χ3v) is 4.04. The zero-order valence-electron chi connectivity index (χ0n) is 15.6. The van der Waals surface area contributed by atoms with Crippen molar-refractivity contribution in [3.8, 4) is 28.4 Å². The number of hydrogen-bond donors (Lipinski definition) is 2. The molecule has 2 aromatic rings. The van der Waals surface area contributed by atoms with E-state index in [0.29, 0.717) is 45.3 Å². The molecule has 0 spiro atoms. The van der Waals surface area contributed by atoms with Gasteiger partial charge in [0.1, 0.15) is 5.69 Å². The third-order valence-electron chi connectivity index (χ3n) is 4.04. The first-order valence-electron chi connectivity index (χ1n) is 7.88. The minimum atomic E-state index is -0.502. The number of hydrogen-bond acceptors (Lipinski definition) is 7. The van der Waals surface area contributed by atoms with E-state index < -0.39 is 5.97 Å². The second kappa shape index (κ2) is 8.59. The van der Waals surface area contributed by atoms with E-state index in [2.05, 4.69) is 4.98 Å². The number of carbonyl (C=O) groups excluding carboxylic acids is 1. The summed E-state index contributed by atoms with van der Waals surface area (Å²) in [6.07, 6.45) is 0. The van der Waals surface area contributed by atoms with Gasteiger partial charge in [-0.15, -0.1) is 0 Å². The lowest BCUT2D eigenvalue weighted by molar-refractivity contribution is 0.0589. The fourth-order valence-electron chi connectivity index (χ4n) is 2.94. The third kappa shape index (κ3) is 3.33. The summed E-state index contributed by atoms with van der Waals surface area (Å²) < 4.78 is 26.5. The highest BCUT2D eigenvalue weighted by Gasteiger charge is 2.27. The summed E-state index contributed by atoms with van der Waals surface area (Å²) in [5.41, 5.74) is 8.90. The summed E-state index contributed by atoms with van der Waals surface area (Å²) >= 11 is 0. The van der Waals surface area contributed by atoms with Crippen LogP contribution in [0.4, 0.5) is 0 Å². The maximum atomic E-state index is 12.2. The lowest BCUT2D eigenvalue weighted by Gasteiger charge is -2.17. The lowest BCUT2D eigenvalue weighted by atomic mass is 9.98. The Morgan fingerprint density at radius 3 is 2.23 bits per heavy atom. The average molecular weight is 364 g/mol. The topological polar surface area (TPSA) is 105 Å². The van der Waals surface area contributed by atoms with Crippen molar-refractivity contribution < 1.29 is 28.5 Å². The smallest absolute Gasteiger partial charge is 0.354 e. The van der Waals surface area contributed by atoms with Gasteiger partial charge in [-0.25, -0.2) is 4.79 Å². The molecule has 0 atom stereocenters. The fraction of sp³-hybridized carbons (Fsp3) is 0.389. The van der Waals surface area contributed by atoms with Crippen molar-refractivity contribution in [3.05, 3.63) is 29.1 Å². The number of benzene rings is 1. The fourth-order valence-corrected chi connectivity index (χ4v) is 2.94. The summed E-state index contributed by atoms with van der Waals surface area (Å²) in [7, 11) is 7.47. The highest BCUT2D eigenvalue weighted by Crippen LogP contribution is 2.46. The predicted octanol–water partition coefficient (Wildman–Crippen LogP) is 2.10. The Kier molecular flexibility index (Phi) is 6.48. The molecular weight excluding hydrogens is 340 g/mol. The van der Waals surface area contributed by atoms with Crippen LogP contribution >= 0.6 is 0 Å². The quantitative estimate of drug-likeness (QED) is 0.691. The van der Waals surface area contributed by atoms with Crippen LogP contribution in [0.15, 0.2) is 12.1 Å².